The van der Waals surface area contributed by atoms with E-state index < -0.39 is 6.04 Å². The molecule has 0 aliphatic heterocycles. The van der Waals surface area contributed by atoms with Crippen molar-refractivity contribution in [2.24, 2.45) is 5.73 Å². The van der Waals surface area contributed by atoms with Crippen molar-refractivity contribution in [1.29, 1.82) is 0 Å². The molecule has 0 unspecified atom stereocenters. The maximum atomic E-state index is 11.6. The van der Waals surface area contributed by atoms with E-state index in [1.807, 2.05) is 35.8 Å². The maximum absolute atomic E-state index is 11.6. The van der Waals surface area contributed by atoms with Crippen LogP contribution in [0.25, 0.3) is 11.0 Å². The van der Waals surface area contributed by atoms with Gasteiger partial charge in [0.15, 0.2) is 0 Å². The first-order valence-corrected chi connectivity index (χ1v) is 5.65. The molecule has 17 heavy (non-hydrogen) atoms. The fourth-order valence-corrected chi connectivity index (χ4v) is 1.72. The van der Waals surface area contributed by atoms with Crippen LogP contribution in [0.2, 0.25) is 0 Å². The van der Waals surface area contributed by atoms with Gasteiger partial charge in [0.2, 0.25) is 11.9 Å². The summed E-state index contributed by atoms with van der Waals surface area (Å²) in [5.74, 6) is 0.325. The van der Waals surface area contributed by atoms with E-state index in [0.717, 1.165) is 17.6 Å². The number of aryl methyl sites for hydroxylation is 1. The van der Waals surface area contributed by atoms with Crippen molar-refractivity contribution in [1.82, 2.24) is 9.55 Å². The fraction of sp³-hybridized carbons (Fsp3) is 0.333. The number of hydrogen-bond donors (Lipinski definition) is 2. The van der Waals surface area contributed by atoms with Crippen LogP contribution in [0.15, 0.2) is 24.3 Å². The topological polar surface area (TPSA) is 72.9 Å². The summed E-state index contributed by atoms with van der Waals surface area (Å²) in [6, 6.07) is 7.23. The number of carbonyl (C=O) groups is 1. The van der Waals surface area contributed by atoms with Gasteiger partial charge in [-0.3, -0.25) is 10.1 Å². The first kappa shape index (κ1) is 11.6. The standard InChI is InChI=1S/C12H16N4O/c1-3-16-10-7-5-4-6-9(10)14-12(16)15-11(17)8(2)13/h4-8H,3,13H2,1-2H3,(H,14,15,17)/t8-/m0/s1. The highest BCUT2D eigenvalue weighted by molar-refractivity contribution is 5.94. The Hall–Kier alpha value is -1.88. The van der Waals surface area contributed by atoms with Crippen LogP contribution in [0.5, 0.6) is 0 Å². The largest absolute Gasteiger partial charge is 0.320 e. The summed E-state index contributed by atoms with van der Waals surface area (Å²) in [6.45, 7) is 4.40. The van der Waals surface area contributed by atoms with Crippen molar-refractivity contribution >= 4 is 22.9 Å². The number of rotatable bonds is 3. The molecule has 2 rings (SSSR count). The molecule has 5 heteroatoms. The van der Waals surface area contributed by atoms with Gasteiger partial charge in [0.25, 0.3) is 0 Å². The Balaban J connectivity index is 2.43. The number of aromatic nitrogens is 2. The number of amides is 1. The number of nitrogens with two attached hydrogens (primary N) is 1. The Bertz CT molecular complexity index is 544. The zero-order chi connectivity index (χ0) is 12.4. The fourth-order valence-electron chi connectivity index (χ4n) is 1.72. The van der Waals surface area contributed by atoms with Crippen LogP contribution in [0.3, 0.4) is 0 Å². The van der Waals surface area contributed by atoms with Crippen LogP contribution in [0.4, 0.5) is 5.95 Å². The lowest BCUT2D eigenvalue weighted by Crippen LogP contribution is -2.33. The Labute approximate surface area is 99.6 Å². The van der Waals surface area contributed by atoms with Gasteiger partial charge in [0, 0.05) is 6.54 Å². The van der Waals surface area contributed by atoms with Gasteiger partial charge >= 0.3 is 0 Å². The molecular formula is C12H16N4O. The summed E-state index contributed by atoms with van der Waals surface area (Å²) in [7, 11) is 0. The second kappa shape index (κ2) is 4.55. The normalized spacial score (nSPS) is 12.6. The predicted octanol–water partition coefficient (Wildman–Crippen LogP) is 1.34. The summed E-state index contributed by atoms with van der Waals surface area (Å²) >= 11 is 0. The third kappa shape index (κ3) is 2.14. The van der Waals surface area contributed by atoms with Crippen molar-refractivity contribution in [3.8, 4) is 0 Å². The molecule has 1 atom stereocenters. The Morgan fingerprint density at radius 3 is 2.88 bits per heavy atom. The molecule has 0 bridgehead atoms. The van der Waals surface area contributed by atoms with Gasteiger partial charge in [-0.1, -0.05) is 12.1 Å². The minimum Gasteiger partial charge on any atom is -0.320 e. The molecule has 3 N–H and O–H groups in total. The molecule has 1 amide bonds. The number of nitrogens with zero attached hydrogens (tertiary/aromatic N) is 2. The highest BCUT2D eigenvalue weighted by atomic mass is 16.2. The first-order valence-electron chi connectivity index (χ1n) is 5.65. The molecule has 0 radical (unpaired) electrons. The number of benzene rings is 1. The highest BCUT2D eigenvalue weighted by Crippen LogP contribution is 2.19. The van der Waals surface area contributed by atoms with E-state index in [4.69, 9.17) is 5.73 Å². The lowest BCUT2D eigenvalue weighted by molar-refractivity contribution is -0.117. The molecule has 5 nitrogen and oxygen atoms in total. The van der Waals surface area contributed by atoms with Crippen molar-refractivity contribution in [3.05, 3.63) is 24.3 Å². The van der Waals surface area contributed by atoms with E-state index >= 15 is 0 Å². The van der Waals surface area contributed by atoms with Crippen LogP contribution in [-0.2, 0) is 11.3 Å². The third-order valence-corrected chi connectivity index (χ3v) is 2.62. The predicted molar refractivity (Wildman–Crippen MR) is 67.7 cm³/mol. The molecule has 2 aromatic rings. The van der Waals surface area contributed by atoms with Crippen LogP contribution in [-0.4, -0.2) is 21.5 Å². The molecule has 0 aliphatic carbocycles. The smallest absolute Gasteiger partial charge is 0.243 e. The van der Waals surface area contributed by atoms with Crippen molar-refractivity contribution in [3.63, 3.8) is 0 Å². The van der Waals surface area contributed by atoms with Crippen molar-refractivity contribution < 1.29 is 4.79 Å². The number of anilines is 1. The van der Waals surface area contributed by atoms with Crippen molar-refractivity contribution in [2.45, 2.75) is 26.4 Å². The second-order valence-corrected chi connectivity index (χ2v) is 3.95. The van der Waals surface area contributed by atoms with E-state index in [0.29, 0.717) is 5.95 Å². The van der Waals surface area contributed by atoms with Gasteiger partial charge in [-0.15, -0.1) is 0 Å². The lowest BCUT2D eigenvalue weighted by atomic mass is 10.3. The van der Waals surface area contributed by atoms with Crippen LogP contribution >= 0.6 is 0 Å². The van der Waals surface area contributed by atoms with Crippen LogP contribution in [0, 0.1) is 0 Å². The van der Waals surface area contributed by atoms with E-state index in [1.54, 1.807) is 6.92 Å². The number of hydrogen-bond acceptors (Lipinski definition) is 3. The molecule has 0 spiro atoms. The van der Waals surface area contributed by atoms with Gasteiger partial charge in [0.05, 0.1) is 17.1 Å². The summed E-state index contributed by atoms with van der Waals surface area (Å²) in [5, 5.41) is 2.74. The van der Waals surface area contributed by atoms with E-state index in [9.17, 15) is 4.79 Å². The number of carbonyl (C=O) groups excluding carboxylic acids is 1. The highest BCUT2D eigenvalue weighted by Gasteiger charge is 2.13. The molecule has 0 saturated heterocycles. The molecule has 90 valence electrons. The summed E-state index contributed by atoms with van der Waals surface area (Å²) in [5.41, 5.74) is 7.40. The molecule has 1 heterocycles. The first-order chi connectivity index (χ1) is 8.13. The molecular weight excluding hydrogens is 216 g/mol. The minimum absolute atomic E-state index is 0.227. The molecule has 0 aliphatic rings. The number of imidazole rings is 1. The van der Waals surface area contributed by atoms with E-state index in [-0.39, 0.29) is 5.91 Å². The monoisotopic (exact) mass is 232 g/mol. The molecule has 0 fully saturated rings. The quantitative estimate of drug-likeness (QED) is 0.838. The Morgan fingerprint density at radius 2 is 2.24 bits per heavy atom. The average Bonchev–Trinajstić information content (AvgIpc) is 2.65. The third-order valence-electron chi connectivity index (χ3n) is 2.62. The van der Waals surface area contributed by atoms with Gasteiger partial charge in [-0.2, -0.15) is 0 Å². The number of para-hydroxylation sites is 2. The van der Waals surface area contributed by atoms with Crippen LogP contribution in [0.1, 0.15) is 13.8 Å². The van der Waals surface area contributed by atoms with Crippen molar-refractivity contribution in [2.75, 3.05) is 5.32 Å². The Kier molecular flexibility index (Phi) is 3.10. The summed E-state index contributed by atoms with van der Waals surface area (Å²) in [6.07, 6.45) is 0. The number of fused-ring (bicyclic) bond motifs is 1. The summed E-state index contributed by atoms with van der Waals surface area (Å²) < 4.78 is 1.95. The molecule has 1 aromatic carbocycles. The number of nitrogens with one attached hydrogen (secondary N) is 1. The zero-order valence-electron chi connectivity index (χ0n) is 9.97. The lowest BCUT2D eigenvalue weighted by Gasteiger charge is -2.09. The maximum Gasteiger partial charge on any atom is 0.243 e. The van der Waals surface area contributed by atoms with Gasteiger partial charge in [-0.25, -0.2) is 4.98 Å². The Morgan fingerprint density at radius 1 is 1.53 bits per heavy atom. The SMILES string of the molecule is CCn1c(NC(=O)[C@H](C)N)nc2ccccc21. The van der Waals surface area contributed by atoms with Gasteiger partial charge in [0.1, 0.15) is 0 Å². The van der Waals surface area contributed by atoms with Gasteiger partial charge < -0.3 is 10.3 Å². The molecule has 1 aromatic heterocycles. The van der Waals surface area contributed by atoms with Gasteiger partial charge in [-0.05, 0) is 26.0 Å². The molecule has 0 saturated carbocycles. The second-order valence-electron chi connectivity index (χ2n) is 3.95. The van der Waals surface area contributed by atoms with E-state index in [2.05, 4.69) is 10.3 Å². The summed E-state index contributed by atoms with van der Waals surface area (Å²) in [4.78, 5) is 15.9. The average molecular weight is 232 g/mol. The zero-order valence-corrected chi connectivity index (χ0v) is 9.97. The van der Waals surface area contributed by atoms with E-state index in [1.165, 1.54) is 0 Å². The van der Waals surface area contributed by atoms with Crippen LogP contribution < -0.4 is 11.1 Å². The minimum atomic E-state index is -0.542.